The van der Waals surface area contributed by atoms with Crippen LogP contribution in [0.4, 0.5) is 0 Å². The first-order valence-electron chi connectivity index (χ1n) is 4.30. The number of halogens is 1. The summed E-state index contributed by atoms with van der Waals surface area (Å²) in [6, 6.07) is 5.12. The average Bonchev–Trinajstić information content (AvgIpc) is 2.00. The van der Waals surface area contributed by atoms with Gasteiger partial charge in [-0.25, -0.2) is 0 Å². The Morgan fingerprint density at radius 1 is 1.50 bits per heavy atom. The highest BCUT2D eigenvalue weighted by atomic mass is 35.5. The van der Waals surface area contributed by atoms with Gasteiger partial charge in [-0.1, -0.05) is 17.7 Å². The van der Waals surface area contributed by atoms with E-state index in [2.05, 4.69) is 0 Å². The summed E-state index contributed by atoms with van der Waals surface area (Å²) in [7, 11) is 0. The highest BCUT2D eigenvalue weighted by Gasteiger charge is 2.09. The number of hydrogen-bond donors (Lipinski definition) is 2. The number of aryl methyl sites for hydroxylation is 1. The lowest BCUT2D eigenvalue weighted by atomic mass is 10.0. The molecule has 0 aliphatic rings. The molecule has 0 spiro atoms. The monoisotopic (exact) mass is 212 g/mol. The van der Waals surface area contributed by atoms with E-state index in [-0.39, 0.29) is 12.5 Å². The van der Waals surface area contributed by atoms with Gasteiger partial charge in [0.05, 0.1) is 0 Å². The number of benzene rings is 1. The maximum absolute atomic E-state index is 10.7. The van der Waals surface area contributed by atoms with Crippen molar-refractivity contribution in [3.63, 3.8) is 0 Å². The van der Waals surface area contributed by atoms with Gasteiger partial charge in [0.1, 0.15) is 0 Å². The zero-order valence-corrected chi connectivity index (χ0v) is 8.71. The van der Waals surface area contributed by atoms with Gasteiger partial charge in [-0.15, -0.1) is 0 Å². The SMILES string of the molecule is Cc1cc(Cl)cc([C@@H](N)CC(N)=O)c1. The molecule has 1 rings (SSSR count). The minimum atomic E-state index is -0.407. The number of amides is 1. The Kier molecular flexibility index (Phi) is 3.49. The van der Waals surface area contributed by atoms with Gasteiger partial charge >= 0.3 is 0 Å². The minimum absolute atomic E-state index is 0.139. The van der Waals surface area contributed by atoms with Crippen LogP contribution >= 0.6 is 11.6 Å². The van der Waals surface area contributed by atoms with E-state index in [9.17, 15) is 4.79 Å². The number of nitrogens with two attached hydrogens (primary N) is 2. The molecule has 1 atom stereocenters. The Balaban J connectivity index is 2.89. The second-order valence-corrected chi connectivity index (χ2v) is 3.78. The van der Waals surface area contributed by atoms with Crippen molar-refractivity contribution in [3.8, 4) is 0 Å². The van der Waals surface area contributed by atoms with Crippen molar-refractivity contribution in [3.05, 3.63) is 34.3 Å². The predicted octanol–water partition coefficient (Wildman–Crippen LogP) is 1.52. The van der Waals surface area contributed by atoms with Gasteiger partial charge in [-0.2, -0.15) is 0 Å². The van der Waals surface area contributed by atoms with Crippen molar-refractivity contribution < 1.29 is 4.79 Å². The van der Waals surface area contributed by atoms with Gasteiger partial charge in [0, 0.05) is 17.5 Å². The van der Waals surface area contributed by atoms with Gasteiger partial charge in [0.2, 0.25) is 5.91 Å². The fourth-order valence-corrected chi connectivity index (χ4v) is 1.61. The van der Waals surface area contributed by atoms with Gasteiger partial charge in [0.25, 0.3) is 0 Å². The Bertz CT molecular complexity index is 332. The zero-order chi connectivity index (χ0) is 10.7. The fraction of sp³-hybridized carbons (Fsp3) is 0.300. The third-order valence-corrected chi connectivity index (χ3v) is 2.13. The zero-order valence-electron chi connectivity index (χ0n) is 7.96. The Morgan fingerprint density at radius 3 is 2.64 bits per heavy atom. The summed E-state index contributed by atoms with van der Waals surface area (Å²) in [6.45, 7) is 1.92. The molecule has 0 aromatic heterocycles. The van der Waals surface area contributed by atoms with Crippen LogP contribution in [0.3, 0.4) is 0 Å². The molecule has 0 bridgehead atoms. The summed E-state index contributed by atoms with van der Waals surface area (Å²) in [5, 5.41) is 0.625. The second-order valence-electron chi connectivity index (χ2n) is 3.34. The third-order valence-electron chi connectivity index (χ3n) is 1.91. The number of hydrogen-bond acceptors (Lipinski definition) is 2. The van der Waals surface area contributed by atoms with Gasteiger partial charge in [-0.05, 0) is 30.2 Å². The number of rotatable bonds is 3. The summed E-state index contributed by atoms with van der Waals surface area (Å²) in [5.41, 5.74) is 12.7. The summed E-state index contributed by atoms with van der Waals surface area (Å²) in [6.07, 6.45) is 0.139. The molecule has 0 unspecified atom stereocenters. The number of carbonyl (C=O) groups is 1. The molecule has 1 aromatic carbocycles. The molecule has 1 amide bonds. The molecule has 4 heteroatoms. The smallest absolute Gasteiger partial charge is 0.219 e. The Morgan fingerprint density at radius 2 is 2.14 bits per heavy atom. The first kappa shape index (κ1) is 11.0. The van der Waals surface area contributed by atoms with Crippen molar-refractivity contribution in [2.75, 3.05) is 0 Å². The second kappa shape index (κ2) is 4.44. The van der Waals surface area contributed by atoms with E-state index in [1.807, 2.05) is 19.1 Å². The largest absolute Gasteiger partial charge is 0.370 e. The molecular weight excluding hydrogens is 200 g/mol. The van der Waals surface area contributed by atoms with Crippen molar-refractivity contribution in [1.29, 1.82) is 0 Å². The van der Waals surface area contributed by atoms with E-state index < -0.39 is 5.91 Å². The molecule has 0 radical (unpaired) electrons. The highest BCUT2D eigenvalue weighted by molar-refractivity contribution is 6.30. The molecule has 0 saturated heterocycles. The summed E-state index contributed by atoms with van der Waals surface area (Å²) < 4.78 is 0. The van der Waals surface area contributed by atoms with Crippen molar-refractivity contribution in [1.82, 2.24) is 0 Å². The van der Waals surface area contributed by atoms with E-state index in [0.29, 0.717) is 5.02 Å². The normalized spacial score (nSPS) is 12.5. The maximum atomic E-state index is 10.7. The van der Waals surface area contributed by atoms with Crippen molar-refractivity contribution in [2.24, 2.45) is 11.5 Å². The highest BCUT2D eigenvalue weighted by Crippen LogP contribution is 2.20. The molecule has 4 N–H and O–H groups in total. The van der Waals surface area contributed by atoms with E-state index in [1.54, 1.807) is 6.07 Å². The Labute approximate surface area is 88.0 Å². The van der Waals surface area contributed by atoms with Crippen LogP contribution in [-0.4, -0.2) is 5.91 Å². The quantitative estimate of drug-likeness (QED) is 0.798. The van der Waals surface area contributed by atoms with Crippen LogP contribution in [-0.2, 0) is 4.79 Å². The van der Waals surface area contributed by atoms with Crippen LogP contribution in [0, 0.1) is 6.92 Å². The van der Waals surface area contributed by atoms with Crippen molar-refractivity contribution in [2.45, 2.75) is 19.4 Å². The number of primary amides is 1. The van der Waals surface area contributed by atoms with Crippen LogP contribution in [0.15, 0.2) is 18.2 Å². The van der Waals surface area contributed by atoms with Gasteiger partial charge in [-0.3, -0.25) is 4.79 Å². The lowest BCUT2D eigenvalue weighted by Crippen LogP contribution is -2.20. The molecular formula is C10H13ClN2O. The molecule has 0 fully saturated rings. The van der Waals surface area contributed by atoms with Crippen molar-refractivity contribution >= 4 is 17.5 Å². The van der Waals surface area contributed by atoms with Crippen LogP contribution < -0.4 is 11.5 Å². The van der Waals surface area contributed by atoms with Gasteiger partial charge in [0.15, 0.2) is 0 Å². The van der Waals surface area contributed by atoms with E-state index in [4.69, 9.17) is 23.1 Å². The van der Waals surface area contributed by atoms with E-state index in [1.165, 1.54) is 0 Å². The average molecular weight is 213 g/mol. The summed E-state index contributed by atoms with van der Waals surface area (Å²) >= 11 is 5.86. The molecule has 0 heterocycles. The molecule has 0 saturated carbocycles. The molecule has 1 aromatic rings. The third kappa shape index (κ3) is 3.01. The first-order chi connectivity index (χ1) is 6.49. The molecule has 3 nitrogen and oxygen atoms in total. The Hall–Kier alpha value is -1.06. The van der Waals surface area contributed by atoms with Crippen LogP contribution in [0.25, 0.3) is 0 Å². The lowest BCUT2D eigenvalue weighted by Gasteiger charge is -2.11. The lowest BCUT2D eigenvalue weighted by molar-refractivity contribution is -0.118. The summed E-state index contributed by atoms with van der Waals surface area (Å²) in [4.78, 5) is 10.7. The predicted molar refractivity (Wildman–Crippen MR) is 56.9 cm³/mol. The molecule has 0 aliphatic carbocycles. The van der Waals surface area contributed by atoms with Crippen LogP contribution in [0.1, 0.15) is 23.6 Å². The standard InChI is InChI=1S/C10H13ClN2O/c1-6-2-7(4-8(11)3-6)9(12)5-10(13)14/h2-4,9H,5,12H2,1H3,(H2,13,14)/t9-/m0/s1. The fourth-order valence-electron chi connectivity index (χ4n) is 1.31. The molecule has 76 valence electrons. The molecule has 0 aliphatic heterocycles. The van der Waals surface area contributed by atoms with Gasteiger partial charge < -0.3 is 11.5 Å². The molecule has 14 heavy (non-hydrogen) atoms. The summed E-state index contributed by atoms with van der Waals surface area (Å²) in [5.74, 6) is -0.407. The minimum Gasteiger partial charge on any atom is -0.370 e. The van der Waals surface area contributed by atoms with E-state index >= 15 is 0 Å². The van der Waals surface area contributed by atoms with E-state index in [0.717, 1.165) is 11.1 Å². The number of carbonyl (C=O) groups excluding carboxylic acids is 1. The first-order valence-corrected chi connectivity index (χ1v) is 4.68. The van der Waals surface area contributed by atoms with Crippen LogP contribution in [0.2, 0.25) is 5.02 Å². The van der Waals surface area contributed by atoms with Crippen LogP contribution in [0.5, 0.6) is 0 Å². The maximum Gasteiger partial charge on any atom is 0.219 e. The topological polar surface area (TPSA) is 69.1 Å².